The maximum absolute atomic E-state index is 6.01. The maximum Gasteiger partial charge on any atom is 0.260 e. The fraction of sp³-hybridized carbons (Fsp3) is 0.467. The number of rotatable bonds is 4. The van der Waals surface area contributed by atoms with Crippen LogP contribution in [0.2, 0.25) is 5.02 Å². The van der Waals surface area contributed by atoms with E-state index in [1.165, 1.54) is 32.1 Å². The van der Waals surface area contributed by atoms with Gasteiger partial charge in [0.05, 0.1) is 22.0 Å². The van der Waals surface area contributed by atoms with Crippen molar-refractivity contribution in [1.29, 1.82) is 0 Å². The molecule has 0 unspecified atom stereocenters. The normalized spacial score (nSPS) is 16.2. The van der Waals surface area contributed by atoms with E-state index in [-0.39, 0.29) is 0 Å². The average Bonchev–Trinajstić information content (AvgIpc) is 2.98. The van der Waals surface area contributed by atoms with Crippen LogP contribution in [0.3, 0.4) is 0 Å². The topological polar surface area (TPSA) is 64.9 Å². The maximum atomic E-state index is 6.01. The van der Waals surface area contributed by atoms with Crippen LogP contribution in [0.4, 0.5) is 5.69 Å². The van der Waals surface area contributed by atoms with Gasteiger partial charge in [0.25, 0.3) is 5.89 Å². The number of anilines is 1. The molecule has 6 heteroatoms. The number of hydrogen-bond donors (Lipinski definition) is 1. The zero-order chi connectivity index (χ0) is 14.7. The van der Waals surface area contributed by atoms with Crippen LogP contribution in [0.25, 0.3) is 11.5 Å². The summed E-state index contributed by atoms with van der Waals surface area (Å²) >= 11 is 7.94. The van der Waals surface area contributed by atoms with Crippen LogP contribution in [0.1, 0.15) is 37.9 Å². The fourth-order valence-electron chi connectivity index (χ4n) is 2.57. The number of thioether (sulfide) groups is 1. The summed E-state index contributed by atoms with van der Waals surface area (Å²) in [5.41, 5.74) is 7.13. The quantitative estimate of drug-likeness (QED) is 0.837. The lowest BCUT2D eigenvalue weighted by atomic mass is 10.0. The first kappa shape index (κ1) is 14.7. The molecule has 2 N–H and O–H groups in total. The van der Waals surface area contributed by atoms with E-state index in [4.69, 9.17) is 21.9 Å². The van der Waals surface area contributed by atoms with Crippen molar-refractivity contribution in [2.75, 3.05) is 5.73 Å². The molecular formula is C15H18ClN3OS. The third-order valence-electron chi connectivity index (χ3n) is 3.75. The standard InChI is InChI=1S/C15H18ClN3OS/c16-12-8-4-7-11(14(12)17)15-18-13(19-20-15)9-21-10-5-2-1-3-6-10/h4,7-8,10H,1-3,5-6,9,17H2. The highest BCUT2D eigenvalue weighted by Crippen LogP contribution is 2.32. The smallest absolute Gasteiger partial charge is 0.260 e. The lowest BCUT2D eigenvalue weighted by Crippen LogP contribution is -2.08. The van der Waals surface area contributed by atoms with Crippen molar-refractivity contribution in [3.05, 3.63) is 29.0 Å². The summed E-state index contributed by atoms with van der Waals surface area (Å²) in [6, 6.07) is 5.41. The van der Waals surface area contributed by atoms with Crippen LogP contribution in [-0.2, 0) is 5.75 Å². The Kier molecular flexibility index (Phi) is 4.70. The van der Waals surface area contributed by atoms with Crippen molar-refractivity contribution >= 4 is 29.1 Å². The Labute approximate surface area is 133 Å². The molecule has 1 fully saturated rings. The highest BCUT2D eigenvalue weighted by atomic mass is 35.5. The fourth-order valence-corrected chi connectivity index (χ4v) is 3.91. The molecule has 0 amide bonds. The summed E-state index contributed by atoms with van der Waals surface area (Å²) in [6.07, 6.45) is 6.66. The van der Waals surface area contributed by atoms with Gasteiger partial charge in [-0.2, -0.15) is 16.7 Å². The van der Waals surface area contributed by atoms with Crippen molar-refractivity contribution in [2.24, 2.45) is 0 Å². The van der Waals surface area contributed by atoms with E-state index in [9.17, 15) is 0 Å². The van der Waals surface area contributed by atoms with E-state index in [2.05, 4.69) is 10.1 Å². The van der Waals surface area contributed by atoms with Gasteiger partial charge in [0.2, 0.25) is 0 Å². The van der Waals surface area contributed by atoms with Crippen LogP contribution in [0, 0.1) is 0 Å². The monoisotopic (exact) mass is 323 g/mol. The van der Waals surface area contributed by atoms with Gasteiger partial charge < -0.3 is 10.3 Å². The average molecular weight is 324 g/mol. The van der Waals surface area contributed by atoms with Gasteiger partial charge in [-0.3, -0.25) is 0 Å². The van der Waals surface area contributed by atoms with E-state index in [0.717, 1.165) is 16.8 Å². The summed E-state index contributed by atoms with van der Waals surface area (Å²) in [6.45, 7) is 0. The second kappa shape index (κ2) is 6.71. The van der Waals surface area contributed by atoms with Crippen molar-refractivity contribution < 1.29 is 4.52 Å². The predicted molar refractivity (Wildman–Crippen MR) is 87.3 cm³/mol. The minimum absolute atomic E-state index is 0.439. The molecule has 1 saturated carbocycles. The Bertz CT molecular complexity index is 611. The molecule has 1 aliphatic carbocycles. The van der Waals surface area contributed by atoms with E-state index >= 15 is 0 Å². The largest absolute Gasteiger partial charge is 0.397 e. The van der Waals surface area contributed by atoms with Crippen molar-refractivity contribution in [1.82, 2.24) is 10.1 Å². The molecule has 4 nitrogen and oxygen atoms in total. The molecule has 3 rings (SSSR count). The number of benzene rings is 1. The molecule has 1 aliphatic rings. The van der Waals surface area contributed by atoms with Gasteiger partial charge in [-0.1, -0.05) is 42.1 Å². The Hall–Kier alpha value is -1.20. The number of para-hydroxylation sites is 1. The SMILES string of the molecule is Nc1c(Cl)cccc1-c1nc(CSC2CCCCC2)no1. The minimum Gasteiger partial charge on any atom is -0.397 e. The number of aromatic nitrogens is 2. The van der Waals surface area contributed by atoms with E-state index in [1.54, 1.807) is 6.07 Å². The van der Waals surface area contributed by atoms with Crippen LogP contribution in [0.15, 0.2) is 22.7 Å². The van der Waals surface area contributed by atoms with Crippen LogP contribution in [-0.4, -0.2) is 15.4 Å². The predicted octanol–water partition coefficient (Wildman–Crippen LogP) is 4.54. The van der Waals surface area contributed by atoms with Gasteiger partial charge in [-0.25, -0.2) is 0 Å². The van der Waals surface area contributed by atoms with Crippen molar-refractivity contribution in [2.45, 2.75) is 43.1 Å². The molecule has 1 aromatic carbocycles. The number of nitrogens with two attached hydrogens (primary N) is 1. The Morgan fingerprint density at radius 1 is 1.29 bits per heavy atom. The van der Waals surface area contributed by atoms with E-state index in [0.29, 0.717) is 22.2 Å². The first-order valence-electron chi connectivity index (χ1n) is 7.22. The molecule has 0 radical (unpaired) electrons. The molecule has 0 bridgehead atoms. The number of nitrogens with zero attached hydrogens (tertiary/aromatic N) is 2. The lowest BCUT2D eigenvalue weighted by Gasteiger charge is -2.19. The molecule has 1 aromatic heterocycles. The Morgan fingerprint density at radius 2 is 2.10 bits per heavy atom. The molecule has 2 aromatic rings. The summed E-state index contributed by atoms with van der Waals surface area (Å²) in [5.74, 6) is 1.95. The van der Waals surface area contributed by atoms with Crippen LogP contribution in [0.5, 0.6) is 0 Å². The first-order valence-corrected chi connectivity index (χ1v) is 8.65. The molecule has 0 saturated heterocycles. The number of halogens is 1. The van der Waals surface area contributed by atoms with Gasteiger partial charge >= 0.3 is 0 Å². The Balaban J connectivity index is 1.67. The molecule has 0 aliphatic heterocycles. The first-order chi connectivity index (χ1) is 10.2. The number of nitrogen functional groups attached to an aromatic ring is 1. The van der Waals surface area contributed by atoms with Crippen LogP contribution >= 0.6 is 23.4 Å². The third-order valence-corrected chi connectivity index (χ3v) is 5.45. The second-order valence-electron chi connectivity index (χ2n) is 5.29. The second-order valence-corrected chi connectivity index (χ2v) is 6.98. The highest BCUT2D eigenvalue weighted by Gasteiger charge is 2.17. The molecule has 112 valence electrons. The summed E-state index contributed by atoms with van der Waals surface area (Å²) in [4.78, 5) is 4.43. The highest BCUT2D eigenvalue weighted by molar-refractivity contribution is 7.99. The third kappa shape index (κ3) is 3.52. The summed E-state index contributed by atoms with van der Waals surface area (Å²) in [7, 11) is 0. The van der Waals surface area contributed by atoms with Gasteiger partial charge in [0.1, 0.15) is 0 Å². The van der Waals surface area contributed by atoms with Gasteiger partial charge in [0, 0.05) is 5.25 Å². The van der Waals surface area contributed by atoms with Gasteiger partial charge in [0.15, 0.2) is 5.82 Å². The molecule has 1 heterocycles. The lowest BCUT2D eigenvalue weighted by molar-refractivity contribution is 0.425. The van der Waals surface area contributed by atoms with Crippen molar-refractivity contribution in [3.8, 4) is 11.5 Å². The molecule has 0 atom stereocenters. The Morgan fingerprint density at radius 3 is 2.90 bits per heavy atom. The molecular weight excluding hydrogens is 306 g/mol. The summed E-state index contributed by atoms with van der Waals surface area (Å²) in [5, 5.41) is 5.28. The zero-order valence-corrected chi connectivity index (χ0v) is 13.3. The summed E-state index contributed by atoms with van der Waals surface area (Å²) < 4.78 is 5.31. The van der Waals surface area contributed by atoms with Crippen molar-refractivity contribution in [3.63, 3.8) is 0 Å². The molecule has 0 spiro atoms. The zero-order valence-electron chi connectivity index (χ0n) is 11.7. The van der Waals surface area contributed by atoms with Crippen LogP contribution < -0.4 is 5.73 Å². The van der Waals surface area contributed by atoms with Gasteiger partial charge in [-0.15, -0.1) is 0 Å². The van der Waals surface area contributed by atoms with E-state index in [1.807, 2.05) is 23.9 Å². The molecule has 21 heavy (non-hydrogen) atoms. The number of hydrogen-bond acceptors (Lipinski definition) is 5. The minimum atomic E-state index is 0.439. The van der Waals surface area contributed by atoms with Gasteiger partial charge in [-0.05, 0) is 25.0 Å². The van der Waals surface area contributed by atoms with E-state index < -0.39 is 0 Å².